The molecule has 0 spiro atoms. The summed E-state index contributed by atoms with van der Waals surface area (Å²) in [4.78, 5) is 26.7. The number of benzene rings is 1. The van der Waals surface area contributed by atoms with Gasteiger partial charge in [-0.05, 0) is 62.1 Å². The van der Waals surface area contributed by atoms with Crippen LogP contribution in [0.5, 0.6) is 0 Å². The molecule has 6 heteroatoms. The van der Waals surface area contributed by atoms with Crippen LogP contribution in [0.3, 0.4) is 0 Å². The molecule has 1 aromatic rings. The van der Waals surface area contributed by atoms with Crippen LogP contribution in [-0.4, -0.2) is 17.9 Å². The van der Waals surface area contributed by atoms with Crippen molar-refractivity contribution in [3.05, 3.63) is 56.3 Å². The molecule has 0 unspecified atom stereocenters. The second-order valence-corrected chi connectivity index (χ2v) is 10.6. The maximum absolute atomic E-state index is 13.4. The summed E-state index contributed by atoms with van der Waals surface area (Å²) in [5.41, 5.74) is 3.43. The number of carbonyl (C=O) groups is 2. The van der Waals surface area contributed by atoms with E-state index in [1.807, 2.05) is 13.0 Å². The van der Waals surface area contributed by atoms with Crippen LogP contribution in [0.15, 0.2) is 40.7 Å². The van der Waals surface area contributed by atoms with Crippen LogP contribution in [0.25, 0.3) is 0 Å². The zero-order valence-electron chi connectivity index (χ0n) is 18.3. The Kier molecular flexibility index (Phi) is 6.24. The molecule has 1 fully saturated rings. The summed E-state index contributed by atoms with van der Waals surface area (Å²) in [5, 5.41) is 4.22. The van der Waals surface area contributed by atoms with Crippen LogP contribution < -0.4 is 5.32 Å². The number of Topliss-reactive ketones (excluding diaryl/α,β-unsaturated/α-hetero) is 1. The molecule has 4 rings (SSSR count). The fourth-order valence-electron chi connectivity index (χ4n) is 5.13. The monoisotopic (exact) mass is 461 g/mol. The Hall–Kier alpha value is -1.78. The third-order valence-corrected chi connectivity index (χ3v) is 7.30. The first-order valence-corrected chi connectivity index (χ1v) is 11.8. The highest BCUT2D eigenvalue weighted by atomic mass is 35.5. The first-order valence-electron chi connectivity index (χ1n) is 11.1. The van der Waals surface area contributed by atoms with Gasteiger partial charge in [-0.2, -0.15) is 0 Å². The third kappa shape index (κ3) is 4.56. The second kappa shape index (κ2) is 8.63. The SMILES string of the molecule is CC1=C(C(=O)OC2CCCCC2)[C@H](c2ccc(Cl)c(Cl)c2)C2=C(CC(C)(C)CC2=O)N1. The van der Waals surface area contributed by atoms with Crippen molar-refractivity contribution in [1.82, 2.24) is 5.32 Å². The Bertz CT molecular complexity index is 986. The number of allylic oxidation sites excluding steroid dienone is 3. The molecule has 1 aromatic carbocycles. The minimum Gasteiger partial charge on any atom is -0.459 e. The van der Waals surface area contributed by atoms with Gasteiger partial charge < -0.3 is 10.1 Å². The molecule has 0 aromatic heterocycles. The molecule has 0 saturated heterocycles. The van der Waals surface area contributed by atoms with Crippen molar-refractivity contribution in [1.29, 1.82) is 0 Å². The lowest BCUT2D eigenvalue weighted by Gasteiger charge is -2.39. The highest BCUT2D eigenvalue weighted by Crippen LogP contribution is 2.47. The Morgan fingerprint density at radius 1 is 1.10 bits per heavy atom. The van der Waals surface area contributed by atoms with Gasteiger partial charge in [0, 0.05) is 29.3 Å². The maximum Gasteiger partial charge on any atom is 0.337 e. The van der Waals surface area contributed by atoms with Gasteiger partial charge in [-0.15, -0.1) is 0 Å². The van der Waals surface area contributed by atoms with Crippen LogP contribution in [0, 0.1) is 5.41 Å². The number of esters is 1. The largest absolute Gasteiger partial charge is 0.459 e. The minimum atomic E-state index is -0.509. The molecule has 3 aliphatic rings. The third-order valence-electron chi connectivity index (χ3n) is 6.56. The molecule has 166 valence electrons. The molecule has 1 heterocycles. The van der Waals surface area contributed by atoms with Gasteiger partial charge in [-0.25, -0.2) is 4.79 Å². The van der Waals surface area contributed by atoms with E-state index in [2.05, 4.69) is 19.2 Å². The number of carbonyl (C=O) groups excluding carboxylic acids is 2. The summed E-state index contributed by atoms with van der Waals surface area (Å²) >= 11 is 12.5. The van der Waals surface area contributed by atoms with Gasteiger partial charge >= 0.3 is 5.97 Å². The van der Waals surface area contributed by atoms with Crippen LogP contribution in [0.2, 0.25) is 10.0 Å². The molecule has 0 bridgehead atoms. The molecule has 1 saturated carbocycles. The molecular weight excluding hydrogens is 433 g/mol. The van der Waals surface area contributed by atoms with Crippen molar-refractivity contribution in [2.45, 2.75) is 77.7 Å². The summed E-state index contributed by atoms with van der Waals surface area (Å²) in [5.74, 6) is -0.798. The number of hydrogen-bond acceptors (Lipinski definition) is 4. The van der Waals surface area contributed by atoms with Gasteiger partial charge in [0.2, 0.25) is 0 Å². The van der Waals surface area contributed by atoms with Crippen molar-refractivity contribution in [3.63, 3.8) is 0 Å². The fourth-order valence-corrected chi connectivity index (χ4v) is 5.44. The van der Waals surface area contributed by atoms with Crippen LogP contribution >= 0.6 is 23.2 Å². The topological polar surface area (TPSA) is 55.4 Å². The lowest BCUT2D eigenvalue weighted by molar-refractivity contribution is -0.146. The normalized spacial score (nSPS) is 24.0. The molecule has 0 amide bonds. The fraction of sp³-hybridized carbons (Fsp3) is 0.520. The lowest BCUT2D eigenvalue weighted by Crippen LogP contribution is -2.39. The number of nitrogens with one attached hydrogen (secondary N) is 1. The number of hydrogen-bond donors (Lipinski definition) is 1. The molecule has 1 atom stereocenters. The quantitative estimate of drug-likeness (QED) is 0.523. The summed E-state index contributed by atoms with van der Waals surface area (Å²) in [6.45, 7) is 6.07. The van der Waals surface area contributed by atoms with Crippen LogP contribution in [0.1, 0.15) is 77.2 Å². The number of ketones is 1. The van der Waals surface area contributed by atoms with Crippen LogP contribution in [0.4, 0.5) is 0 Å². The predicted molar refractivity (Wildman–Crippen MR) is 123 cm³/mol. The first-order chi connectivity index (χ1) is 14.7. The van der Waals surface area contributed by atoms with E-state index >= 15 is 0 Å². The van der Waals surface area contributed by atoms with Gasteiger partial charge in [0.25, 0.3) is 0 Å². The van der Waals surface area contributed by atoms with Crippen molar-refractivity contribution >= 4 is 35.0 Å². The number of halogens is 2. The molecule has 1 aliphatic heterocycles. The van der Waals surface area contributed by atoms with Crippen LogP contribution in [-0.2, 0) is 14.3 Å². The average Bonchev–Trinajstić information content (AvgIpc) is 2.68. The van der Waals surface area contributed by atoms with Crippen molar-refractivity contribution < 1.29 is 14.3 Å². The van der Waals surface area contributed by atoms with E-state index < -0.39 is 5.92 Å². The van der Waals surface area contributed by atoms with Gasteiger partial charge in [0.05, 0.1) is 15.6 Å². The van der Waals surface area contributed by atoms with E-state index in [0.29, 0.717) is 27.6 Å². The van der Waals surface area contributed by atoms with Gasteiger partial charge in [0.15, 0.2) is 5.78 Å². The smallest absolute Gasteiger partial charge is 0.337 e. The molecule has 2 aliphatic carbocycles. The Balaban J connectivity index is 1.78. The van der Waals surface area contributed by atoms with Gasteiger partial charge in [0.1, 0.15) is 6.10 Å². The Labute approximate surface area is 194 Å². The van der Waals surface area contributed by atoms with Crippen molar-refractivity contribution in [3.8, 4) is 0 Å². The summed E-state index contributed by atoms with van der Waals surface area (Å²) in [7, 11) is 0. The van der Waals surface area contributed by atoms with E-state index in [1.165, 1.54) is 6.42 Å². The van der Waals surface area contributed by atoms with E-state index in [1.54, 1.807) is 12.1 Å². The Morgan fingerprint density at radius 2 is 1.81 bits per heavy atom. The van der Waals surface area contributed by atoms with E-state index in [-0.39, 0.29) is 23.3 Å². The first kappa shape index (κ1) is 22.4. The number of dihydropyridines is 1. The second-order valence-electron chi connectivity index (χ2n) is 9.77. The Morgan fingerprint density at radius 3 is 2.48 bits per heavy atom. The highest BCUT2D eigenvalue weighted by molar-refractivity contribution is 6.42. The number of rotatable bonds is 3. The summed E-state index contributed by atoms with van der Waals surface area (Å²) in [6.07, 6.45) is 6.24. The van der Waals surface area contributed by atoms with E-state index in [4.69, 9.17) is 27.9 Å². The molecule has 0 radical (unpaired) electrons. The summed E-state index contributed by atoms with van der Waals surface area (Å²) < 4.78 is 5.93. The number of ether oxygens (including phenoxy) is 1. The maximum atomic E-state index is 13.4. The van der Waals surface area contributed by atoms with E-state index in [0.717, 1.165) is 49.1 Å². The molecule has 4 nitrogen and oxygen atoms in total. The van der Waals surface area contributed by atoms with Gasteiger partial charge in [-0.3, -0.25) is 4.79 Å². The standard InChI is InChI=1S/C25H29Cl2NO3/c1-14-21(24(30)31-16-7-5-4-6-8-16)22(15-9-10-17(26)18(27)11-15)23-19(28-14)12-25(2,3)13-20(23)29/h9-11,16,22,28H,4-8,12-13H2,1-3H3/t22-/m0/s1. The van der Waals surface area contributed by atoms with Gasteiger partial charge in [-0.1, -0.05) is 49.5 Å². The van der Waals surface area contributed by atoms with E-state index in [9.17, 15) is 9.59 Å². The lowest BCUT2D eigenvalue weighted by atomic mass is 9.68. The molecule has 31 heavy (non-hydrogen) atoms. The zero-order chi connectivity index (χ0) is 22.3. The summed E-state index contributed by atoms with van der Waals surface area (Å²) in [6, 6.07) is 5.33. The predicted octanol–water partition coefficient (Wildman–Crippen LogP) is 6.47. The van der Waals surface area contributed by atoms with Crippen molar-refractivity contribution in [2.75, 3.05) is 0 Å². The molecular formula is C25H29Cl2NO3. The minimum absolute atomic E-state index is 0.0605. The zero-order valence-corrected chi connectivity index (χ0v) is 19.8. The van der Waals surface area contributed by atoms with Crippen molar-refractivity contribution in [2.24, 2.45) is 5.41 Å². The average molecular weight is 462 g/mol. The highest BCUT2D eigenvalue weighted by Gasteiger charge is 2.43. The molecule has 1 N–H and O–H groups in total.